The van der Waals surface area contributed by atoms with E-state index in [0.29, 0.717) is 19.8 Å². The third-order valence-corrected chi connectivity index (χ3v) is 8.55. The van der Waals surface area contributed by atoms with Gasteiger partial charge < -0.3 is 42.6 Å². The van der Waals surface area contributed by atoms with Gasteiger partial charge in [0.15, 0.2) is 24.2 Å². The summed E-state index contributed by atoms with van der Waals surface area (Å²) in [5.41, 5.74) is 2.14. The molecule has 0 N–H and O–H groups in total. The lowest BCUT2D eigenvalue weighted by Crippen LogP contribution is -2.48. The fraction of sp³-hybridized carbons (Fsp3) is 0.625. The number of thioether (sulfide) groups is 1. The molecule has 0 bridgehead atoms. The maximum atomic E-state index is 6.83. The van der Waals surface area contributed by atoms with Crippen molar-refractivity contribution in [2.45, 2.75) is 108 Å². The summed E-state index contributed by atoms with van der Waals surface area (Å²) >= 11 is 1.70. The van der Waals surface area contributed by atoms with Gasteiger partial charge in [-0.05, 0) is 45.1 Å². The Labute approximate surface area is 252 Å². The number of hydrogen-bond donors (Lipinski definition) is 0. The first-order valence-electron chi connectivity index (χ1n) is 14.7. The minimum atomic E-state index is -0.809. The predicted molar refractivity (Wildman–Crippen MR) is 156 cm³/mol. The van der Waals surface area contributed by atoms with Gasteiger partial charge in [-0.2, -0.15) is 11.8 Å². The first-order valence-corrected chi connectivity index (χ1v) is 16.0. The van der Waals surface area contributed by atoms with E-state index in [-0.39, 0.29) is 18.3 Å². The van der Waals surface area contributed by atoms with E-state index >= 15 is 0 Å². The lowest BCUT2D eigenvalue weighted by molar-refractivity contribution is -0.263. The monoisotopic (exact) mass is 602 g/mol. The van der Waals surface area contributed by atoms with E-state index in [1.54, 1.807) is 11.8 Å². The molecule has 0 radical (unpaired) electrons. The summed E-state index contributed by atoms with van der Waals surface area (Å²) in [4.78, 5) is 0. The first kappa shape index (κ1) is 30.5. The molecular formula is C32H42O9S. The molecule has 230 valence electrons. The molecule has 0 spiro atoms. The maximum Gasteiger partial charge on any atom is 0.190 e. The molecule has 4 fully saturated rings. The molecule has 2 aromatic rings. The molecule has 9 nitrogen and oxygen atoms in total. The highest BCUT2D eigenvalue weighted by molar-refractivity contribution is 7.98. The van der Waals surface area contributed by atoms with Crippen LogP contribution in [0.3, 0.4) is 0 Å². The van der Waals surface area contributed by atoms with E-state index in [2.05, 4.69) is 18.4 Å². The van der Waals surface area contributed by atoms with Crippen molar-refractivity contribution in [2.24, 2.45) is 0 Å². The molecule has 6 rings (SSSR count). The number of fused-ring (bicyclic) bond motifs is 1. The zero-order chi connectivity index (χ0) is 29.3. The number of benzene rings is 2. The standard InChI is InChI=1S/C32H42O9S/c1-31(2)35-18-22(39-31)25-26(28-30(37-25)41-32(3,4)40-28)38-29-27(34-17-21-14-10-7-11-15-21)24(23(36-29)19-42-5)33-16-20-12-8-6-9-13-20/h6-15,22-30H,16-19H2,1-5H3/t22-,23-,24+,25-,26+,27-,28-,29+,30-/m1/s1. The predicted octanol–water partition coefficient (Wildman–Crippen LogP) is 4.66. The molecule has 0 aliphatic carbocycles. The van der Waals surface area contributed by atoms with Gasteiger partial charge in [0.25, 0.3) is 0 Å². The van der Waals surface area contributed by atoms with Gasteiger partial charge in [0, 0.05) is 5.75 Å². The van der Waals surface area contributed by atoms with Crippen LogP contribution in [0.15, 0.2) is 60.7 Å². The Balaban J connectivity index is 1.25. The second-order valence-electron chi connectivity index (χ2n) is 12.1. The van der Waals surface area contributed by atoms with Gasteiger partial charge in [-0.3, -0.25) is 0 Å². The summed E-state index contributed by atoms with van der Waals surface area (Å²) in [6, 6.07) is 20.2. The topological polar surface area (TPSA) is 83.1 Å². The third kappa shape index (κ3) is 6.89. The van der Waals surface area contributed by atoms with Crippen LogP contribution in [-0.2, 0) is 55.8 Å². The van der Waals surface area contributed by atoms with Crippen LogP contribution in [0.1, 0.15) is 38.8 Å². The second-order valence-corrected chi connectivity index (χ2v) is 13.0. The van der Waals surface area contributed by atoms with Crippen LogP contribution in [0.5, 0.6) is 0 Å². The van der Waals surface area contributed by atoms with Crippen LogP contribution in [0.4, 0.5) is 0 Å². The van der Waals surface area contributed by atoms with Gasteiger partial charge in [-0.1, -0.05) is 60.7 Å². The normalized spacial score (nSPS) is 36.8. The van der Waals surface area contributed by atoms with Crippen molar-refractivity contribution in [1.82, 2.24) is 0 Å². The molecular weight excluding hydrogens is 560 g/mol. The quantitative estimate of drug-likeness (QED) is 0.362. The van der Waals surface area contributed by atoms with Crippen molar-refractivity contribution >= 4 is 11.8 Å². The Morgan fingerprint density at radius 2 is 1.38 bits per heavy atom. The zero-order valence-electron chi connectivity index (χ0n) is 24.9. The third-order valence-electron chi connectivity index (χ3n) is 7.88. The Morgan fingerprint density at radius 3 is 1.98 bits per heavy atom. The second kappa shape index (κ2) is 12.8. The van der Waals surface area contributed by atoms with Crippen molar-refractivity contribution in [3.8, 4) is 0 Å². The van der Waals surface area contributed by atoms with Crippen LogP contribution < -0.4 is 0 Å². The van der Waals surface area contributed by atoms with Crippen LogP contribution >= 0.6 is 11.8 Å². The molecule has 10 heteroatoms. The minimum Gasteiger partial charge on any atom is -0.368 e. The van der Waals surface area contributed by atoms with Crippen molar-refractivity contribution in [1.29, 1.82) is 0 Å². The summed E-state index contributed by atoms with van der Waals surface area (Å²) in [6.45, 7) is 8.73. The Bertz CT molecular complexity index is 1150. The molecule has 4 aliphatic heterocycles. The Morgan fingerprint density at radius 1 is 0.738 bits per heavy atom. The van der Waals surface area contributed by atoms with Crippen LogP contribution in [0, 0.1) is 0 Å². The summed E-state index contributed by atoms with van der Waals surface area (Å²) in [6.07, 6.45) is -2.24. The molecule has 4 aliphatic rings. The van der Waals surface area contributed by atoms with E-state index in [1.165, 1.54) is 0 Å². The summed E-state index contributed by atoms with van der Waals surface area (Å²) in [5, 5.41) is 0. The Kier molecular flexibility index (Phi) is 9.29. The van der Waals surface area contributed by atoms with Gasteiger partial charge in [0.05, 0.1) is 25.9 Å². The van der Waals surface area contributed by atoms with E-state index in [9.17, 15) is 0 Å². The van der Waals surface area contributed by atoms with Gasteiger partial charge in [-0.25, -0.2) is 0 Å². The maximum absolute atomic E-state index is 6.83. The van der Waals surface area contributed by atoms with E-state index in [4.69, 9.17) is 42.6 Å². The van der Waals surface area contributed by atoms with E-state index in [1.807, 2.05) is 76.2 Å². The zero-order valence-corrected chi connectivity index (χ0v) is 25.7. The van der Waals surface area contributed by atoms with Crippen LogP contribution in [0.25, 0.3) is 0 Å². The highest BCUT2D eigenvalue weighted by Gasteiger charge is 2.61. The molecule has 0 amide bonds. The molecule has 4 saturated heterocycles. The summed E-state index contributed by atoms with van der Waals surface area (Å²) < 4.78 is 57.4. The first-order chi connectivity index (χ1) is 20.2. The SMILES string of the molecule is CSC[C@H]1O[C@@H](O[C@@H]2[C@H]3OC(C)(C)O[C@H]3O[C@@H]2[C@H]2COC(C)(C)O2)[C@H](OCc2ccccc2)[C@H]1OCc1ccccc1. The molecule has 4 heterocycles. The van der Waals surface area contributed by atoms with Crippen molar-refractivity contribution in [3.63, 3.8) is 0 Å². The van der Waals surface area contributed by atoms with Gasteiger partial charge in [0.2, 0.25) is 0 Å². The lowest BCUT2D eigenvalue weighted by atomic mass is 10.1. The van der Waals surface area contributed by atoms with Gasteiger partial charge >= 0.3 is 0 Å². The molecule has 0 unspecified atom stereocenters. The van der Waals surface area contributed by atoms with Crippen LogP contribution in [0.2, 0.25) is 0 Å². The average molecular weight is 603 g/mol. The smallest absolute Gasteiger partial charge is 0.190 e. The van der Waals surface area contributed by atoms with E-state index in [0.717, 1.165) is 16.9 Å². The number of ether oxygens (including phenoxy) is 9. The fourth-order valence-electron chi connectivity index (χ4n) is 6.00. The largest absolute Gasteiger partial charge is 0.368 e. The van der Waals surface area contributed by atoms with Gasteiger partial charge in [0.1, 0.15) is 36.6 Å². The van der Waals surface area contributed by atoms with Crippen molar-refractivity contribution < 1.29 is 42.6 Å². The molecule has 9 atom stereocenters. The summed E-state index contributed by atoms with van der Waals surface area (Å²) in [5.74, 6) is -0.805. The molecule has 2 aromatic carbocycles. The highest BCUT2D eigenvalue weighted by atomic mass is 32.2. The summed E-state index contributed by atoms with van der Waals surface area (Å²) in [7, 11) is 0. The minimum absolute atomic E-state index is 0.242. The Hall–Kier alpha value is -1.57. The van der Waals surface area contributed by atoms with Crippen molar-refractivity contribution in [3.05, 3.63) is 71.8 Å². The number of hydrogen-bond acceptors (Lipinski definition) is 10. The highest BCUT2D eigenvalue weighted by Crippen LogP contribution is 2.43. The van der Waals surface area contributed by atoms with Gasteiger partial charge in [-0.15, -0.1) is 0 Å². The molecule has 42 heavy (non-hydrogen) atoms. The molecule has 0 saturated carbocycles. The lowest BCUT2D eigenvalue weighted by Gasteiger charge is -2.32. The van der Waals surface area contributed by atoms with Crippen molar-refractivity contribution in [2.75, 3.05) is 18.6 Å². The number of rotatable bonds is 11. The fourth-order valence-corrected chi connectivity index (χ4v) is 6.60. The average Bonchev–Trinajstić information content (AvgIpc) is 3.67. The van der Waals surface area contributed by atoms with Crippen LogP contribution in [-0.4, -0.2) is 85.5 Å². The molecule has 0 aromatic heterocycles. The van der Waals surface area contributed by atoms with E-state index < -0.39 is 48.6 Å².